The number of nitrogens with one attached hydrogen (secondary N) is 2. The van der Waals surface area contributed by atoms with Gasteiger partial charge in [-0.15, -0.1) is 5.10 Å². The molecular formula is C25H37N7O2S. The van der Waals surface area contributed by atoms with E-state index in [0.717, 1.165) is 66.4 Å². The maximum atomic E-state index is 12.5. The lowest BCUT2D eigenvalue weighted by atomic mass is 10.1. The molecule has 2 aromatic heterocycles. The Kier molecular flexibility index (Phi) is 7.93. The number of rotatable bonds is 9. The molecule has 35 heavy (non-hydrogen) atoms. The van der Waals surface area contributed by atoms with E-state index >= 15 is 0 Å². The Morgan fingerprint density at radius 3 is 2.60 bits per heavy atom. The van der Waals surface area contributed by atoms with Crippen molar-refractivity contribution < 1.29 is 9.53 Å². The van der Waals surface area contributed by atoms with Crippen LogP contribution in [0.15, 0.2) is 24.3 Å². The van der Waals surface area contributed by atoms with Crippen molar-refractivity contribution in [2.45, 2.75) is 39.7 Å². The van der Waals surface area contributed by atoms with Gasteiger partial charge in [-0.25, -0.2) is 4.98 Å². The minimum absolute atomic E-state index is 0.00398. The van der Waals surface area contributed by atoms with E-state index in [2.05, 4.69) is 67.5 Å². The molecular weight excluding hydrogens is 462 g/mol. The Labute approximate surface area is 211 Å². The van der Waals surface area contributed by atoms with Gasteiger partial charge in [-0.1, -0.05) is 41.2 Å². The number of morpholine rings is 1. The first-order valence-corrected chi connectivity index (χ1v) is 13.0. The van der Waals surface area contributed by atoms with Crippen LogP contribution in [0.5, 0.6) is 0 Å². The molecule has 10 heteroatoms. The molecule has 2 N–H and O–H groups in total. The van der Waals surface area contributed by atoms with Crippen LogP contribution in [0.2, 0.25) is 0 Å². The van der Waals surface area contributed by atoms with E-state index in [-0.39, 0.29) is 18.0 Å². The lowest BCUT2D eigenvalue weighted by Gasteiger charge is -2.26. The summed E-state index contributed by atoms with van der Waals surface area (Å²) in [7, 11) is 1.89. The molecule has 0 atom stereocenters. The lowest BCUT2D eigenvalue weighted by molar-refractivity contribution is -0.119. The number of hydrogen-bond donors (Lipinski definition) is 2. The number of likely N-dealkylation sites (N-methyl/N-ethyl adjacent to an activating group) is 1. The van der Waals surface area contributed by atoms with Crippen LogP contribution in [0.1, 0.15) is 32.8 Å². The van der Waals surface area contributed by atoms with Crippen molar-refractivity contribution in [3.63, 3.8) is 0 Å². The standard InChI is InChI=1S/C25H37N7O2S/c1-18-7-9-19(10-8-18)21-22(28-25(2,3)4)32-23(27-21)35-24(29-32)30(5)17-20(33)26-11-6-12-31-13-15-34-16-14-31/h7-10,28H,6,11-17H2,1-5H3,(H,26,33). The van der Waals surface area contributed by atoms with Crippen LogP contribution in [0.3, 0.4) is 0 Å². The molecule has 9 nitrogen and oxygen atoms in total. The molecule has 0 bridgehead atoms. The Morgan fingerprint density at radius 1 is 1.20 bits per heavy atom. The van der Waals surface area contributed by atoms with Crippen molar-refractivity contribution in [2.24, 2.45) is 0 Å². The van der Waals surface area contributed by atoms with Crippen molar-refractivity contribution in [1.82, 2.24) is 24.8 Å². The Morgan fingerprint density at radius 2 is 1.91 bits per heavy atom. The van der Waals surface area contributed by atoms with E-state index in [0.29, 0.717) is 6.54 Å². The van der Waals surface area contributed by atoms with Crippen LogP contribution in [0.25, 0.3) is 16.2 Å². The van der Waals surface area contributed by atoms with Crippen LogP contribution in [0.4, 0.5) is 10.9 Å². The molecule has 1 aliphatic rings. The Balaban J connectivity index is 1.41. The zero-order valence-corrected chi connectivity index (χ0v) is 22.2. The molecule has 3 heterocycles. The second-order valence-electron chi connectivity index (χ2n) is 10.1. The third-order valence-corrected chi connectivity index (χ3v) is 6.82. The fourth-order valence-electron chi connectivity index (χ4n) is 3.97. The zero-order valence-electron chi connectivity index (χ0n) is 21.4. The summed E-state index contributed by atoms with van der Waals surface area (Å²) in [4.78, 5) is 22.5. The number of ether oxygens (including phenoxy) is 1. The maximum Gasteiger partial charge on any atom is 0.239 e. The predicted octanol–water partition coefficient (Wildman–Crippen LogP) is 3.25. The average molecular weight is 500 g/mol. The van der Waals surface area contributed by atoms with Gasteiger partial charge in [-0.2, -0.15) is 4.52 Å². The first-order valence-electron chi connectivity index (χ1n) is 12.2. The molecule has 3 aromatic rings. The second-order valence-corrected chi connectivity index (χ2v) is 11.1. The average Bonchev–Trinajstić information content (AvgIpc) is 3.37. The Hall–Kier alpha value is -2.69. The highest BCUT2D eigenvalue weighted by Gasteiger charge is 2.23. The third kappa shape index (κ3) is 6.71. The molecule has 0 unspecified atom stereocenters. The Bertz CT molecular complexity index is 1130. The molecule has 0 aliphatic carbocycles. The van der Waals surface area contributed by atoms with Gasteiger partial charge in [0.2, 0.25) is 16.0 Å². The summed E-state index contributed by atoms with van der Waals surface area (Å²) in [5.74, 6) is 0.857. The van der Waals surface area contributed by atoms with Crippen LogP contribution < -0.4 is 15.5 Å². The normalized spacial score (nSPS) is 14.9. The highest BCUT2D eigenvalue weighted by molar-refractivity contribution is 7.20. The molecule has 0 spiro atoms. The van der Waals surface area contributed by atoms with Gasteiger partial charge in [-0.05, 0) is 40.7 Å². The molecule has 1 aromatic carbocycles. The fourth-order valence-corrected chi connectivity index (χ4v) is 4.83. The predicted molar refractivity (Wildman–Crippen MR) is 143 cm³/mol. The fraction of sp³-hybridized carbons (Fsp3) is 0.560. The maximum absolute atomic E-state index is 12.5. The molecule has 1 saturated heterocycles. The highest BCUT2D eigenvalue weighted by atomic mass is 32.1. The number of nitrogens with zero attached hydrogens (tertiary/aromatic N) is 5. The van der Waals surface area contributed by atoms with Crippen molar-refractivity contribution in [3.8, 4) is 11.3 Å². The minimum atomic E-state index is -0.161. The van der Waals surface area contributed by atoms with Crippen molar-refractivity contribution in [2.75, 3.05) is 63.2 Å². The number of aryl methyl sites for hydroxylation is 1. The van der Waals surface area contributed by atoms with Crippen LogP contribution in [-0.4, -0.2) is 83.9 Å². The molecule has 0 radical (unpaired) electrons. The summed E-state index contributed by atoms with van der Waals surface area (Å²) in [6, 6.07) is 8.36. The monoisotopic (exact) mass is 499 g/mol. The van der Waals surface area contributed by atoms with Gasteiger partial charge in [0.25, 0.3) is 0 Å². The molecule has 190 valence electrons. The largest absolute Gasteiger partial charge is 0.379 e. The molecule has 4 rings (SSSR count). The molecule has 1 amide bonds. The first kappa shape index (κ1) is 25.4. The topological polar surface area (TPSA) is 87.0 Å². The molecule has 1 fully saturated rings. The number of anilines is 2. The number of hydrogen-bond acceptors (Lipinski definition) is 8. The minimum Gasteiger partial charge on any atom is -0.379 e. The summed E-state index contributed by atoms with van der Waals surface area (Å²) in [5.41, 5.74) is 2.98. The number of aromatic nitrogens is 3. The number of carbonyl (C=O) groups excluding carboxylic acids is 1. The summed E-state index contributed by atoms with van der Waals surface area (Å²) < 4.78 is 7.24. The van der Waals surface area contributed by atoms with E-state index in [1.165, 1.54) is 16.9 Å². The smallest absolute Gasteiger partial charge is 0.239 e. The van der Waals surface area contributed by atoms with Crippen molar-refractivity contribution in [1.29, 1.82) is 0 Å². The summed E-state index contributed by atoms with van der Waals surface area (Å²) in [5, 5.41) is 12.2. The number of fused-ring (bicyclic) bond motifs is 1. The van der Waals surface area contributed by atoms with E-state index in [1.54, 1.807) is 0 Å². The molecule has 1 aliphatic heterocycles. The van der Waals surface area contributed by atoms with E-state index in [4.69, 9.17) is 14.8 Å². The van der Waals surface area contributed by atoms with Crippen LogP contribution in [0, 0.1) is 6.92 Å². The number of imidazole rings is 1. The second kappa shape index (κ2) is 10.9. The van der Waals surface area contributed by atoms with E-state index < -0.39 is 0 Å². The van der Waals surface area contributed by atoms with Gasteiger partial charge in [0.15, 0.2) is 5.82 Å². The third-order valence-electron chi connectivity index (χ3n) is 5.80. The van der Waals surface area contributed by atoms with E-state index in [9.17, 15) is 4.79 Å². The summed E-state index contributed by atoms with van der Waals surface area (Å²) >= 11 is 1.48. The van der Waals surface area contributed by atoms with Gasteiger partial charge < -0.3 is 20.3 Å². The summed E-state index contributed by atoms with van der Waals surface area (Å²) in [6.07, 6.45) is 0.935. The zero-order chi connectivity index (χ0) is 25.0. The van der Waals surface area contributed by atoms with Crippen molar-refractivity contribution >= 4 is 33.2 Å². The molecule has 0 saturated carbocycles. The van der Waals surface area contributed by atoms with E-state index in [1.807, 2.05) is 16.5 Å². The van der Waals surface area contributed by atoms with Crippen molar-refractivity contribution in [3.05, 3.63) is 29.8 Å². The van der Waals surface area contributed by atoms with Gasteiger partial charge >= 0.3 is 0 Å². The summed E-state index contributed by atoms with van der Waals surface area (Å²) in [6.45, 7) is 13.9. The van der Waals surface area contributed by atoms with Gasteiger partial charge in [-0.3, -0.25) is 9.69 Å². The number of amides is 1. The quantitative estimate of drug-likeness (QED) is 0.437. The number of carbonyl (C=O) groups is 1. The van der Waals surface area contributed by atoms with Gasteiger partial charge in [0.1, 0.15) is 5.69 Å². The van der Waals surface area contributed by atoms with Gasteiger partial charge in [0.05, 0.1) is 19.8 Å². The SMILES string of the molecule is Cc1ccc(-c2nc3sc(N(C)CC(=O)NCCCN4CCOCC4)nn3c2NC(C)(C)C)cc1. The number of benzene rings is 1. The highest BCUT2D eigenvalue weighted by Crippen LogP contribution is 2.34. The van der Waals surface area contributed by atoms with Crippen LogP contribution in [-0.2, 0) is 9.53 Å². The first-order chi connectivity index (χ1) is 16.7. The van der Waals surface area contributed by atoms with Gasteiger partial charge in [0, 0.05) is 37.8 Å². The van der Waals surface area contributed by atoms with Crippen LogP contribution >= 0.6 is 11.3 Å². The lowest BCUT2D eigenvalue weighted by Crippen LogP contribution is -2.39.